The predicted molar refractivity (Wildman–Crippen MR) is 86.5 cm³/mol. The fraction of sp³-hybridized carbons (Fsp3) is 0.294. The summed E-state index contributed by atoms with van der Waals surface area (Å²) in [5.74, 6) is -0.741. The number of rotatable bonds is 5. The molecule has 116 valence electrons. The number of amides is 1. The first-order valence-electron chi connectivity index (χ1n) is 7.24. The van der Waals surface area contributed by atoms with Crippen molar-refractivity contribution >= 4 is 28.3 Å². The van der Waals surface area contributed by atoms with E-state index in [1.807, 2.05) is 31.2 Å². The van der Waals surface area contributed by atoms with Crippen LogP contribution in [0.2, 0.25) is 0 Å². The number of nitrogens with two attached hydrogens (primary N) is 1. The Morgan fingerprint density at radius 2 is 1.86 bits per heavy atom. The lowest BCUT2D eigenvalue weighted by Gasteiger charge is -2.16. The summed E-state index contributed by atoms with van der Waals surface area (Å²) in [4.78, 5) is 24.2. The van der Waals surface area contributed by atoms with Crippen LogP contribution < -0.4 is 11.1 Å². The lowest BCUT2D eigenvalue weighted by Crippen LogP contribution is -2.41. The van der Waals surface area contributed by atoms with Crippen molar-refractivity contribution in [2.24, 2.45) is 0 Å². The summed E-state index contributed by atoms with van der Waals surface area (Å²) in [6.07, 6.45) is 1.30. The molecule has 22 heavy (non-hydrogen) atoms. The third kappa shape index (κ3) is 3.19. The summed E-state index contributed by atoms with van der Waals surface area (Å²) < 4.78 is 4.73. The standard InChI is InChI=1S/C17H20N2O3/c1-3-6-15(17(21)22-2)19-16(20)13-9-10-14(18)12-8-5-4-7-11(12)13/h4-5,7-10,15H,3,6,18H2,1-2H3,(H,19,20). The van der Waals surface area contributed by atoms with E-state index in [9.17, 15) is 9.59 Å². The van der Waals surface area contributed by atoms with E-state index in [0.29, 0.717) is 17.7 Å². The smallest absolute Gasteiger partial charge is 0.328 e. The molecule has 0 bridgehead atoms. The molecule has 0 aromatic heterocycles. The Hall–Kier alpha value is -2.56. The van der Waals surface area contributed by atoms with Gasteiger partial charge in [-0.05, 0) is 23.9 Å². The second-order valence-electron chi connectivity index (χ2n) is 5.09. The lowest BCUT2D eigenvalue weighted by atomic mass is 10.0. The van der Waals surface area contributed by atoms with Gasteiger partial charge >= 0.3 is 5.97 Å². The van der Waals surface area contributed by atoms with Gasteiger partial charge in [0, 0.05) is 16.6 Å². The van der Waals surface area contributed by atoms with Gasteiger partial charge in [-0.3, -0.25) is 4.79 Å². The van der Waals surface area contributed by atoms with Gasteiger partial charge < -0.3 is 15.8 Å². The van der Waals surface area contributed by atoms with Crippen molar-refractivity contribution in [3.63, 3.8) is 0 Å². The highest BCUT2D eigenvalue weighted by atomic mass is 16.5. The number of benzene rings is 2. The minimum absolute atomic E-state index is 0.306. The number of nitrogens with one attached hydrogen (secondary N) is 1. The molecular formula is C17H20N2O3. The number of methoxy groups -OCH3 is 1. The van der Waals surface area contributed by atoms with Crippen LogP contribution in [0.25, 0.3) is 10.8 Å². The number of carbonyl (C=O) groups is 2. The molecule has 5 nitrogen and oxygen atoms in total. The molecule has 5 heteroatoms. The molecule has 0 aliphatic heterocycles. The van der Waals surface area contributed by atoms with Crippen molar-refractivity contribution in [2.45, 2.75) is 25.8 Å². The van der Waals surface area contributed by atoms with E-state index in [0.717, 1.165) is 17.2 Å². The van der Waals surface area contributed by atoms with Gasteiger partial charge in [0.05, 0.1) is 7.11 Å². The molecule has 0 fully saturated rings. The summed E-state index contributed by atoms with van der Waals surface area (Å²) >= 11 is 0. The van der Waals surface area contributed by atoms with E-state index >= 15 is 0 Å². The van der Waals surface area contributed by atoms with Gasteiger partial charge in [-0.15, -0.1) is 0 Å². The van der Waals surface area contributed by atoms with E-state index < -0.39 is 12.0 Å². The third-order valence-corrected chi connectivity index (χ3v) is 3.57. The molecule has 0 heterocycles. The van der Waals surface area contributed by atoms with Crippen LogP contribution in [0, 0.1) is 0 Å². The number of anilines is 1. The van der Waals surface area contributed by atoms with Crippen molar-refractivity contribution in [3.05, 3.63) is 42.0 Å². The number of nitrogen functional groups attached to an aromatic ring is 1. The van der Waals surface area contributed by atoms with Gasteiger partial charge in [0.2, 0.25) is 0 Å². The zero-order valence-corrected chi connectivity index (χ0v) is 12.8. The predicted octanol–water partition coefficient (Wildman–Crippen LogP) is 2.49. The number of ether oxygens (including phenoxy) is 1. The molecule has 2 aromatic rings. The van der Waals surface area contributed by atoms with Crippen molar-refractivity contribution in [1.82, 2.24) is 5.32 Å². The van der Waals surface area contributed by atoms with Gasteiger partial charge in [-0.2, -0.15) is 0 Å². The minimum atomic E-state index is -0.640. The largest absolute Gasteiger partial charge is 0.467 e. The van der Waals surface area contributed by atoms with Crippen LogP contribution in [-0.4, -0.2) is 25.0 Å². The van der Waals surface area contributed by atoms with Crippen LogP contribution in [-0.2, 0) is 9.53 Å². The molecule has 2 rings (SSSR count). The second kappa shape index (κ2) is 6.93. The number of hydrogen-bond acceptors (Lipinski definition) is 4. The van der Waals surface area contributed by atoms with E-state index in [1.54, 1.807) is 12.1 Å². The first kappa shape index (κ1) is 15.8. The number of hydrogen-bond donors (Lipinski definition) is 2. The first-order chi connectivity index (χ1) is 10.6. The molecule has 3 N–H and O–H groups in total. The molecule has 0 spiro atoms. The summed E-state index contributed by atoms with van der Waals surface area (Å²) in [7, 11) is 1.32. The average Bonchev–Trinajstić information content (AvgIpc) is 2.54. The summed E-state index contributed by atoms with van der Waals surface area (Å²) in [6, 6.07) is 10.2. The van der Waals surface area contributed by atoms with Gasteiger partial charge in [-0.1, -0.05) is 37.6 Å². The quantitative estimate of drug-likeness (QED) is 0.656. The molecule has 0 saturated heterocycles. The minimum Gasteiger partial charge on any atom is -0.467 e. The highest BCUT2D eigenvalue weighted by molar-refractivity contribution is 6.10. The van der Waals surface area contributed by atoms with E-state index in [4.69, 9.17) is 10.5 Å². The molecule has 0 aliphatic carbocycles. The monoisotopic (exact) mass is 300 g/mol. The maximum atomic E-state index is 12.5. The number of carbonyl (C=O) groups excluding carboxylic acids is 2. The Morgan fingerprint density at radius 1 is 1.18 bits per heavy atom. The molecule has 1 unspecified atom stereocenters. The van der Waals surface area contributed by atoms with Crippen LogP contribution in [0.15, 0.2) is 36.4 Å². The number of esters is 1. The van der Waals surface area contributed by atoms with E-state index in [-0.39, 0.29) is 5.91 Å². The molecule has 0 saturated carbocycles. The van der Waals surface area contributed by atoms with Gasteiger partial charge in [-0.25, -0.2) is 4.79 Å². The van der Waals surface area contributed by atoms with Crippen molar-refractivity contribution in [1.29, 1.82) is 0 Å². The number of fused-ring (bicyclic) bond motifs is 1. The summed E-state index contributed by atoms with van der Waals surface area (Å²) in [5, 5.41) is 4.33. The van der Waals surface area contributed by atoms with Crippen LogP contribution in [0.5, 0.6) is 0 Å². The third-order valence-electron chi connectivity index (χ3n) is 3.57. The maximum absolute atomic E-state index is 12.5. The van der Waals surface area contributed by atoms with Crippen LogP contribution >= 0.6 is 0 Å². The Bertz CT molecular complexity index is 697. The van der Waals surface area contributed by atoms with Crippen LogP contribution in [0.3, 0.4) is 0 Å². The maximum Gasteiger partial charge on any atom is 0.328 e. The highest BCUT2D eigenvalue weighted by Crippen LogP contribution is 2.24. The molecule has 1 atom stereocenters. The SMILES string of the molecule is CCCC(NC(=O)c1ccc(N)c2ccccc12)C(=O)OC. The molecular weight excluding hydrogens is 280 g/mol. The fourth-order valence-corrected chi connectivity index (χ4v) is 2.44. The van der Waals surface area contributed by atoms with Gasteiger partial charge in [0.1, 0.15) is 6.04 Å². The lowest BCUT2D eigenvalue weighted by molar-refractivity contribution is -0.143. The zero-order chi connectivity index (χ0) is 16.1. The van der Waals surface area contributed by atoms with Crippen LogP contribution in [0.1, 0.15) is 30.1 Å². The molecule has 0 aliphatic rings. The normalized spacial score (nSPS) is 11.9. The first-order valence-corrected chi connectivity index (χ1v) is 7.24. The Morgan fingerprint density at radius 3 is 2.50 bits per heavy atom. The van der Waals surface area contributed by atoms with Crippen LogP contribution in [0.4, 0.5) is 5.69 Å². The van der Waals surface area contributed by atoms with Crippen molar-refractivity contribution in [2.75, 3.05) is 12.8 Å². The molecule has 0 radical (unpaired) electrons. The Kier molecular flexibility index (Phi) is 4.99. The molecule has 2 aromatic carbocycles. The zero-order valence-electron chi connectivity index (χ0n) is 12.8. The summed E-state index contributed by atoms with van der Waals surface area (Å²) in [6.45, 7) is 1.95. The molecule has 1 amide bonds. The van der Waals surface area contributed by atoms with E-state index in [2.05, 4.69) is 5.32 Å². The van der Waals surface area contributed by atoms with Gasteiger partial charge in [0.15, 0.2) is 0 Å². The summed E-state index contributed by atoms with van der Waals surface area (Å²) in [5.41, 5.74) is 7.05. The Labute approximate surface area is 129 Å². The topological polar surface area (TPSA) is 81.4 Å². The van der Waals surface area contributed by atoms with E-state index in [1.165, 1.54) is 7.11 Å². The van der Waals surface area contributed by atoms with Crippen molar-refractivity contribution < 1.29 is 14.3 Å². The average molecular weight is 300 g/mol. The fourth-order valence-electron chi connectivity index (χ4n) is 2.44. The Balaban J connectivity index is 2.33. The highest BCUT2D eigenvalue weighted by Gasteiger charge is 2.22. The second-order valence-corrected chi connectivity index (χ2v) is 5.09. The van der Waals surface area contributed by atoms with Gasteiger partial charge in [0.25, 0.3) is 5.91 Å². The van der Waals surface area contributed by atoms with Crippen molar-refractivity contribution in [3.8, 4) is 0 Å².